The molecule has 0 bridgehead atoms. The van der Waals surface area contributed by atoms with E-state index in [1.165, 1.54) is 161 Å². The zero-order chi connectivity index (χ0) is 57.9. The Balaban J connectivity index is 5.30. The number of phosphoric acid groups is 1. The number of rotatable bonds is 59. The maximum absolute atomic E-state index is 13.6. The number of amides is 1. The van der Waals surface area contributed by atoms with Gasteiger partial charge in [0.05, 0.1) is 33.8 Å². The fourth-order valence-corrected chi connectivity index (χ4v) is 10.0. The lowest BCUT2D eigenvalue weighted by Gasteiger charge is -2.30. The van der Waals surface area contributed by atoms with Crippen molar-refractivity contribution in [2.45, 2.75) is 303 Å². The molecule has 0 heterocycles. The van der Waals surface area contributed by atoms with E-state index in [2.05, 4.69) is 99.0 Å². The van der Waals surface area contributed by atoms with Crippen molar-refractivity contribution in [1.82, 2.24) is 5.32 Å². The number of allylic oxidation sites excluding steroid dienone is 13. The smallest absolute Gasteiger partial charge is 0.306 e. The zero-order valence-corrected chi connectivity index (χ0v) is 53.2. The molecule has 0 aromatic carbocycles. The van der Waals surface area contributed by atoms with Gasteiger partial charge in [0.15, 0.2) is 0 Å². The Hall–Kier alpha value is -2.81. The monoisotopic (exact) mass is 1120 g/mol. The quantitative estimate of drug-likeness (QED) is 0.0212. The zero-order valence-electron chi connectivity index (χ0n) is 52.3. The fraction of sp³-hybridized carbons (Fsp3) is 0.768. The van der Waals surface area contributed by atoms with Crippen LogP contribution in [0.25, 0.3) is 0 Å². The number of carbonyl (C=O) groups is 2. The van der Waals surface area contributed by atoms with Gasteiger partial charge < -0.3 is 28.5 Å². The molecule has 0 aromatic rings. The van der Waals surface area contributed by atoms with Gasteiger partial charge in [0.25, 0.3) is 7.82 Å². The third kappa shape index (κ3) is 59.6. The molecule has 458 valence electrons. The number of hydrogen-bond acceptors (Lipinski definition) is 7. The lowest BCUT2D eigenvalue weighted by Crippen LogP contribution is -2.47. The van der Waals surface area contributed by atoms with Crippen molar-refractivity contribution in [2.24, 2.45) is 0 Å². The first kappa shape index (κ1) is 76.2. The molecule has 0 radical (unpaired) electrons. The predicted octanol–water partition coefficient (Wildman–Crippen LogP) is 19.9. The van der Waals surface area contributed by atoms with Crippen molar-refractivity contribution in [3.8, 4) is 0 Å². The van der Waals surface area contributed by atoms with Gasteiger partial charge in [0.2, 0.25) is 5.91 Å². The van der Waals surface area contributed by atoms with Gasteiger partial charge in [0.1, 0.15) is 19.3 Å². The Morgan fingerprint density at radius 1 is 0.456 bits per heavy atom. The summed E-state index contributed by atoms with van der Waals surface area (Å²) < 4.78 is 30.3. The van der Waals surface area contributed by atoms with E-state index >= 15 is 0 Å². The molecule has 0 aliphatic heterocycles. The molecular formula is C69H125N2O7P. The van der Waals surface area contributed by atoms with Crippen molar-refractivity contribution in [3.05, 3.63) is 85.1 Å². The van der Waals surface area contributed by atoms with Gasteiger partial charge in [0, 0.05) is 12.8 Å². The number of esters is 1. The van der Waals surface area contributed by atoms with Crippen LogP contribution in [0, 0.1) is 0 Å². The molecule has 10 heteroatoms. The average molecular weight is 1130 g/mol. The van der Waals surface area contributed by atoms with Crippen LogP contribution in [-0.2, 0) is 27.9 Å². The van der Waals surface area contributed by atoms with Crippen molar-refractivity contribution < 1.29 is 37.3 Å². The van der Waals surface area contributed by atoms with Gasteiger partial charge in [-0.3, -0.25) is 14.2 Å². The van der Waals surface area contributed by atoms with Crippen molar-refractivity contribution in [2.75, 3.05) is 40.9 Å². The van der Waals surface area contributed by atoms with E-state index < -0.39 is 26.6 Å². The summed E-state index contributed by atoms with van der Waals surface area (Å²) >= 11 is 0. The van der Waals surface area contributed by atoms with E-state index in [-0.39, 0.29) is 24.9 Å². The largest absolute Gasteiger partial charge is 0.756 e. The molecule has 1 N–H and O–H groups in total. The molecular weight excluding hydrogens is 1000 g/mol. The summed E-state index contributed by atoms with van der Waals surface area (Å²) in [5, 5.41) is 3.03. The molecule has 9 nitrogen and oxygen atoms in total. The Morgan fingerprint density at radius 3 is 1.23 bits per heavy atom. The molecule has 0 saturated carbocycles. The summed E-state index contributed by atoms with van der Waals surface area (Å²) in [5.74, 6) is -0.585. The first-order valence-corrected chi connectivity index (χ1v) is 34.4. The molecule has 3 atom stereocenters. The molecule has 0 aliphatic rings. The molecule has 0 aliphatic carbocycles. The number of likely N-dealkylation sites (N-methyl/N-ethyl adjacent to an activating group) is 1. The second kappa shape index (κ2) is 58.4. The second-order valence-electron chi connectivity index (χ2n) is 23.2. The highest BCUT2D eigenvalue weighted by atomic mass is 31.2. The minimum atomic E-state index is -4.71. The number of nitrogens with zero attached hydrogens (tertiary/aromatic N) is 1. The molecule has 0 fully saturated rings. The fourth-order valence-electron chi connectivity index (χ4n) is 9.29. The average Bonchev–Trinajstić information content (AvgIpc) is 3.41. The topological polar surface area (TPSA) is 114 Å². The van der Waals surface area contributed by atoms with Crippen LogP contribution in [0.1, 0.15) is 290 Å². The maximum Gasteiger partial charge on any atom is 0.306 e. The predicted molar refractivity (Wildman–Crippen MR) is 339 cm³/mol. The standard InChI is InChI=1S/C69H125N2O7P/c1-7-10-13-16-19-22-25-28-30-32-34-35-37-39-41-44-47-50-53-56-59-62-69(73)78-67(60-57-54-51-48-45-42-27-24-21-18-15-12-9-3)66(65-77-79(74,75)76-64-63-71(4,5)6)70-68(72)61-58-55-52-49-46-43-40-38-36-33-31-29-26-23-20-17-14-11-8-2/h10,13,19,22,28,30,34-35,39,41,47,50,57,60,66-67H,7-9,11-12,14-18,20-21,23-27,29,31-33,36-38,40,42-46,48-49,51-56,58-59,61-65H2,1-6H3,(H-,70,72,74,75)/b13-10-,22-19-,30-28-,35-34-,41-39-,50-47-,60-57+. The third-order valence-electron chi connectivity index (χ3n) is 14.3. The van der Waals surface area contributed by atoms with Crippen LogP contribution in [-0.4, -0.2) is 69.4 Å². The van der Waals surface area contributed by atoms with Crippen molar-refractivity contribution in [1.29, 1.82) is 0 Å². The van der Waals surface area contributed by atoms with Crippen molar-refractivity contribution >= 4 is 19.7 Å². The van der Waals surface area contributed by atoms with Gasteiger partial charge in [-0.15, -0.1) is 0 Å². The van der Waals surface area contributed by atoms with Crippen LogP contribution >= 0.6 is 7.82 Å². The summed E-state index contributed by atoms with van der Waals surface area (Å²) in [5.41, 5.74) is 0. The molecule has 1 amide bonds. The van der Waals surface area contributed by atoms with Crippen LogP contribution in [0.2, 0.25) is 0 Å². The normalized spacial score (nSPS) is 14.2. The number of hydrogen-bond donors (Lipinski definition) is 1. The summed E-state index contributed by atoms with van der Waals surface area (Å²) in [6.07, 6.45) is 77.0. The van der Waals surface area contributed by atoms with Crippen LogP contribution in [0.15, 0.2) is 85.1 Å². The summed E-state index contributed by atoms with van der Waals surface area (Å²) in [7, 11) is 1.16. The van der Waals surface area contributed by atoms with Gasteiger partial charge >= 0.3 is 5.97 Å². The lowest BCUT2D eigenvalue weighted by atomic mass is 10.0. The third-order valence-corrected chi connectivity index (χ3v) is 15.3. The Morgan fingerprint density at radius 2 is 0.810 bits per heavy atom. The number of unbranched alkanes of at least 4 members (excludes halogenated alkanes) is 31. The van der Waals surface area contributed by atoms with E-state index in [4.69, 9.17) is 13.8 Å². The first-order chi connectivity index (χ1) is 38.4. The second-order valence-corrected chi connectivity index (χ2v) is 24.7. The number of phosphoric ester groups is 1. The highest BCUT2D eigenvalue weighted by molar-refractivity contribution is 7.45. The van der Waals surface area contributed by atoms with E-state index in [9.17, 15) is 19.0 Å². The lowest BCUT2D eigenvalue weighted by molar-refractivity contribution is -0.870. The van der Waals surface area contributed by atoms with Gasteiger partial charge in [-0.25, -0.2) is 0 Å². The summed E-state index contributed by atoms with van der Waals surface area (Å²) in [6.45, 7) is 6.73. The molecule has 0 rings (SSSR count). The van der Waals surface area contributed by atoms with E-state index in [0.717, 1.165) is 89.9 Å². The van der Waals surface area contributed by atoms with Gasteiger partial charge in [-0.2, -0.15) is 0 Å². The Bertz CT molecular complexity index is 1630. The number of nitrogens with one attached hydrogen (secondary N) is 1. The highest BCUT2D eigenvalue weighted by Crippen LogP contribution is 2.38. The number of ether oxygens (including phenoxy) is 1. The minimum Gasteiger partial charge on any atom is -0.756 e. The minimum absolute atomic E-state index is 0.0312. The first-order valence-electron chi connectivity index (χ1n) is 32.9. The number of quaternary nitrogens is 1. The molecule has 3 unspecified atom stereocenters. The molecule has 0 saturated heterocycles. The van der Waals surface area contributed by atoms with E-state index in [1.807, 2.05) is 33.3 Å². The Kier molecular flexibility index (Phi) is 56.3. The molecule has 79 heavy (non-hydrogen) atoms. The summed E-state index contributed by atoms with van der Waals surface area (Å²) in [4.78, 5) is 40.1. The Labute approximate surface area is 488 Å². The van der Waals surface area contributed by atoms with Crippen LogP contribution in [0.3, 0.4) is 0 Å². The van der Waals surface area contributed by atoms with Gasteiger partial charge in [-0.1, -0.05) is 280 Å². The number of carbonyl (C=O) groups excluding carboxylic acids is 2. The van der Waals surface area contributed by atoms with E-state index in [1.54, 1.807) is 0 Å². The summed E-state index contributed by atoms with van der Waals surface area (Å²) in [6, 6.07) is -0.909. The van der Waals surface area contributed by atoms with Crippen LogP contribution in [0.5, 0.6) is 0 Å². The van der Waals surface area contributed by atoms with Gasteiger partial charge in [-0.05, 0) is 83.1 Å². The molecule has 0 aromatic heterocycles. The molecule has 0 spiro atoms. The van der Waals surface area contributed by atoms with Crippen molar-refractivity contribution in [3.63, 3.8) is 0 Å². The SMILES string of the molecule is CC/C=C\C/C=C\C/C=C\C/C=C\C/C=C\C/C=C\CCCCC(=O)OC(/C=C/CCCCCCCCCCCCC)C(COP(=O)([O-])OCC[N+](C)(C)C)NC(=O)CCCCCCCCCCCCCCCCCCCCC. The van der Waals surface area contributed by atoms with Crippen LogP contribution in [0.4, 0.5) is 0 Å². The van der Waals surface area contributed by atoms with Crippen LogP contribution < -0.4 is 10.2 Å². The maximum atomic E-state index is 13.6. The van der Waals surface area contributed by atoms with E-state index in [0.29, 0.717) is 23.9 Å². The highest BCUT2D eigenvalue weighted by Gasteiger charge is 2.27.